The van der Waals surface area contributed by atoms with Crippen LogP contribution in [0.4, 0.5) is 0 Å². The van der Waals surface area contributed by atoms with Gasteiger partial charge in [0.25, 0.3) is 5.91 Å². The Balaban J connectivity index is 1.94. The number of para-hydroxylation sites is 1. The smallest absolute Gasteiger partial charge is 0.251 e. The Morgan fingerprint density at radius 3 is 2.12 bits per heavy atom. The quantitative estimate of drug-likeness (QED) is 0.520. The number of hydrogen-bond donors (Lipinski definition) is 2. The predicted octanol–water partition coefficient (Wildman–Crippen LogP) is 1.90. The van der Waals surface area contributed by atoms with Gasteiger partial charge in [0.1, 0.15) is 12.7 Å². The highest BCUT2D eigenvalue weighted by atomic mass is 32.2. The van der Waals surface area contributed by atoms with Crippen LogP contribution in [0.25, 0.3) is 0 Å². The van der Waals surface area contributed by atoms with Crippen LogP contribution in [0.5, 0.6) is 17.2 Å². The zero-order valence-corrected chi connectivity index (χ0v) is 19.7. The molecule has 0 bridgehead atoms. The molecule has 0 aliphatic rings. The normalized spacial score (nSPS) is 12.5. The van der Waals surface area contributed by atoms with Crippen molar-refractivity contribution < 1.29 is 32.5 Å². The number of sulfonamides is 1. The summed E-state index contributed by atoms with van der Waals surface area (Å²) < 4.78 is 42.4. The molecule has 32 heavy (non-hydrogen) atoms. The van der Waals surface area contributed by atoms with Crippen molar-refractivity contribution in [1.82, 2.24) is 9.62 Å². The summed E-state index contributed by atoms with van der Waals surface area (Å²) in [6, 6.07) is 10.6. The number of carbonyl (C=O) groups excluding carboxylic acids is 1. The van der Waals surface area contributed by atoms with Crippen LogP contribution in [0, 0.1) is 0 Å². The molecule has 1 amide bonds. The molecule has 1 atom stereocenters. The summed E-state index contributed by atoms with van der Waals surface area (Å²) in [4.78, 5) is 12.5. The Morgan fingerprint density at radius 1 is 1.06 bits per heavy atom. The zero-order chi connectivity index (χ0) is 23.9. The minimum absolute atomic E-state index is 0.0631. The molecule has 0 fully saturated rings. The number of amides is 1. The van der Waals surface area contributed by atoms with E-state index >= 15 is 0 Å². The molecule has 1 unspecified atom stereocenters. The number of hydrogen-bond acceptors (Lipinski definition) is 7. The van der Waals surface area contributed by atoms with Gasteiger partial charge in [0, 0.05) is 25.2 Å². The van der Waals surface area contributed by atoms with Gasteiger partial charge in [0.15, 0.2) is 11.5 Å². The van der Waals surface area contributed by atoms with E-state index in [1.54, 1.807) is 32.0 Å². The van der Waals surface area contributed by atoms with Gasteiger partial charge in [-0.2, -0.15) is 4.31 Å². The second kappa shape index (κ2) is 11.2. The van der Waals surface area contributed by atoms with Crippen molar-refractivity contribution in [3.63, 3.8) is 0 Å². The van der Waals surface area contributed by atoms with Gasteiger partial charge in [-0.05, 0) is 50.2 Å². The van der Waals surface area contributed by atoms with Gasteiger partial charge in [0.2, 0.25) is 15.8 Å². The Kier molecular flexibility index (Phi) is 8.88. The van der Waals surface area contributed by atoms with Crippen molar-refractivity contribution in [2.24, 2.45) is 0 Å². The molecule has 10 heteroatoms. The van der Waals surface area contributed by atoms with Crippen LogP contribution in [0.2, 0.25) is 0 Å². The van der Waals surface area contributed by atoms with Crippen molar-refractivity contribution in [2.45, 2.75) is 30.9 Å². The summed E-state index contributed by atoms with van der Waals surface area (Å²) in [5.74, 6) is 0.823. The molecule has 0 aliphatic heterocycles. The molecule has 0 spiro atoms. The Morgan fingerprint density at radius 2 is 1.62 bits per heavy atom. The highest BCUT2D eigenvalue weighted by molar-refractivity contribution is 7.89. The first-order valence-electron chi connectivity index (χ1n) is 10.00. The van der Waals surface area contributed by atoms with Crippen LogP contribution in [0.3, 0.4) is 0 Å². The van der Waals surface area contributed by atoms with Gasteiger partial charge in [-0.3, -0.25) is 4.79 Å². The zero-order valence-electron chi connectivity index (χ0n) is 18.9. The molecule has 9 nitrogen and oxygen atoms in total. The van der Waals surface area contributed by atoms with Gasteiger partial charge in [0.05, 0.1) is 19.1 Å². The molecule has 0 heterocycles. The van der Waals surface area contributed by atoms with Crippen LogP contribution < -0.4 is 19.5 Å². The molecular formula is C22H30N2O7S. The number of methoxy groups -OCH3 is 2. The van der Waals surface area contributed by atoms with E-state index in [0.717, 1.165) is 0 Å². The van der Waals surface area contributed by atoms with E-state index in [1.165, 1.54) is 49.8 Å². The lowest BCUT2D eigenvalue weighted by Crippen LogP contribution is -2.35. The van der Waals surface area contributed by atoms with E-state index in [-0.39, 0.29) is 29.7 Å². The molecule has 176 valence electrons. The second-order valence-corrected chi connectivity index (χ2v) is 9.30. The van der Waals surface area contributed by atoms with Gasteiger partial charge in [-0.15, -0.1) is 0 Å². The third kappa shape index (κ3) is 6.12. The second-order valence-electron chi connectivity index (χ2n) is 7.31. The molecule has 0 saturated heterocycles. The van der Waals surface area contributed by atoms with E-state index < -0.39 is 22.0 Å². The standard InChI is InChI=1S/C22H30N2O7S/c1-15(2)24(3)32(27,28)18-11-9-16(10-12-18)22(26)23-13-17(25)14-31-21-19(29-4)7-6-8-20(21)30-5/h6-12,15,17,25H,13-14H2,1-5H3,(H,23,26). The maximum atomic E-state index is 12.5. The Hall–Kier alpha value is -2.82. The minimum atomic E-state index is -3.63. The molecule has 0 aromatic heterocycles. The SMILES string of the molecule is COc1cccc(OC)c1OCC(O)CNC(=O)c1ccc(S(=O)(=O)N(C)C(C)C)cc1. The molecule has 2 rings (SSSR count). The fraction of sp³-hybridized carbons (Fsp3) is 0.409. The summed E-state index contributed by atoms with van der Waals surface area (Å²) in [6.45, 7) is 3.39. The van der Waals surface area contributed by atoms with Crippen molar-refractivity contribution in [2.75, 3.05) is 34.4 Å². The van der Waals surface area contributed by atoms with Crippen molar-refractivity contribution in [3.8, 4) is 17.2 Å². The van der Waals surface area contributed by atoms with Crippen LogP contribution in [0.1, 0.15) is 24.2 Å². The van der Waals surface area contributed by atoms with Gasteiger partial charge in [-0.1, -0.05) is 6.07 Å². The third-order valence-corrected chi connectivity index (χ3v) is 6.87. The maximum Gasteiger partial charge on any atom is 0.251 e. The van der Waals surface area contributed by atoms with E-state index in [2.05, 4.69) is 5.32 Å². The monoisotopic (exact) mass is 466 g/mol. The van der Waals surface area contributed by atoms with E-state index in [4.69, 9.17) is 14.2 Å². The van der Waals surface area contributed by atoms with E-state index in [1.807, 2.05) is 0 Å². The lowest BCUT2D eigenvalue weighted by Gasteiger charge is -2.21. The number of benzene rings is 2. The first-order valence-corrected chi connectivity index (χ1v) is 11.4. The largest absolute Gasteiger partial charge is 0.493 e. The van der Waals surface area contributed by atoms with Crippen LogP contribution in [-0.2, 0) is 10.0 Å². The maximum absolute atomic E-state index is 12.5. The number of aliphatic hydroxyl groups is 1. The molecule has 2 N–H and O–H groups in total. The average Bonchev–Trinajstić information content (AvgIpc) is 2.80. The fourth-order valence-corrected chi connectivity index (χ4v) is 4.10. The van der Waals surface area contributed by atoms with Crippen molar-refractivity contribution >= 4 is 15.9 Å². The average molecular weight is 467 g/mol. The summed E-state index contributed by atoms with van der Waals surface area (Å²) in [6.07, 6.45) is -0.993. The Bertz CT molecular complexity index is 985. The number of nitrogens with zero attached hydrogens (tertiary/aromatic N) is 1. The number of ether oxygens (including phenoxy) is 3. The Labute approximate surface area is 189 Å². The molecular weight excluding hydrogens is 436 g/mol. The summed E-state index contributed by atoms with van der Waals surface area (Å²) in [5, 5.41) is 12.8. The number of aliphatic hydroxyl groups excluding tert-OH is 1. The summed E-state index contributed by atoms with van der Waals surface area (Å²) in [7, 11) is 0.869. The predicted molar refractivity (Wildman–Crippen MR) is 120 cm³/mol. The van der Waals surface area contributed by atoms with E-state index in [9.17, 15) is 18.3 Å². The van der Waals surface area contributed by atoms with Gasteiger partial charge in [-0.25, -0.2) is 8.42 Å². The van der Waals surface area contributed by atoms with Crippen LogP contribution >= 0.6 is 0 Å². The van der Waals surface area contributed by atoms with Crippen molar-refractivity contribution in [3.05, 3.63) is 48.0 Å². The summed E-state index contributed by atoms with van der Waals surface area (Å²) in [5.41, 5.74) is 0.274. The van der Waals surface area contributed by atoms with Crippen LogP contribution in [0.15, 0.2) is 47.4 Å². The highest BCUT2D eigenvalue weighted by Gasteiger charge is 2.23. The highest BCUT2D eigenvalue weighted by Crippen LogP contribution is 2.36. The lowest BCUT2D eigenvalue weighted by molar-refractivity contribution is 0.0833. The van der Waals surface area contributed by atoms with Gasteiger partial charge >= 0.3 is 0 Å². The number of carbonyl (C=O) groups is 1. The third-order valence-electron chi connectivity index (χ3n) is 4.82. The summed E-state index contributed by atoms with van der Waals surface area (Å²) >= 11 is 0. The number of nitrogens with one attached hydrogen (secondary N) is 1. The molecule has 2 aromatic carbocycles. The minimum Gasteiger partial charge on any atom is -0.493 e. The lowest BCUT2D eigenvalue weighted by atomic mass is 10.2. The van der Waals surface area contributed by atoms with Gasteiger partial charge < -0.3 is 24.6 Å². The number of rotatable bonds is 11. The van der Waals surface area contributed by atoms with Crippen molar-refractivity contribution in [1.29, 1.82) is 0 Å². The molecule has 0 saturated carbocycles. The molecule has 2 aromatic rings. The molecule has 0 radical (unpaired) electrons. The molecule has 0 aliphatic carbocycles. The van der Waals surface area contributed by atoms with E-state index in [0.29, 0.717) is 17.2 Å². The topological polar surface area (TPSA) is 114 Å². The first-order chi connectivity index (χ1) is 15.1. The van der Waals surface area contributed by atoms with Crippen LogP contribution in [-0.4, -0.2) is 70.3 Å². The first kappa shape index (κ1) is 25.4. The fourth-order valence-electron chi connectivity index (χ4n) is 2.73.